The van der Waals surface area contributed by atoms with Gasteiger partial charge in [0, 0.05) is 22.2 Å². The number of halogens is 1. The zero-order valence-electron chi connectivity index (χ0n) is 16.0. The van der Waals surface area contributed by atoms with Gasteiger partial charge in [-0.2, -0.15) is 0 Å². The van der Waals surface area contributed by atoms with Gasteiger partial charge in [0.05, 0.1) is 10.00 Å². The van der Waals surface area contributed by atoms with Crippen LogP contribution in [0, 0.1) is 24.7 Å². The molecule has 2 bridgehead atoms. The summed E-state index contributed by atoms with van der Waals surface area (Å²) in [6.07, 6.45) is 5.53. The third kappa shape index (κ3) is 4.05. The number of carbonyl (C=O) groups excluding carboxylic acids is 2. The standard InChI is InChI=1S/C21H26ClNO3S2/c1-13-5-6-17(22)11-18(13)23-19(24)12-26-20(25)14-9-15-3-2-4-16(10-14)21(15)27-7-8-28-21/h5-6,11,14-16H,2-4,7-10,12H2,1H3,(H,23,24)/t14?,15-,16+. The minimum atomic E-state index is -0.326. The van der Waals surface area contributed by atoms with E-state index in [1.54, 1.807) is 12.1 Å². The maximum absolute atomic E-state index is 12.7. The number of benzene rings is 1. The van der Waals surface area contributed by atoms with Gasteiger partial charge in [0.15, 0.2) is 6.61 Å². The summed E-state index contributed by atoms with van der Waals surface area (Å²) < 4.78 is 5.75. The first-order chi connectivity index (χ1) is 13.5. The van der Waals surface area contributed by atoms with Gasteiger partial charge in [-0.25, -0.2) is 0 Å². The summed E-state index contributed by atoms with van der Waals surface area (Å²) in [6.45, 7) is 1.65. The molecule has 1 spiro atoms. The van der Waals surface area contributed by atoms with Crippen LogP contribution in [0.4, 0.5) is 5.69 Å². The highest BCUT2D eigenvalue weighted by Crippen LogP contribution is 2.64. The van der Waals surface area contributed by atoms with Crippen molar-refractivity contribution < 1.29 is 14.3 Å². The molecule has 4 nitrogen and oxygen atoms in total. The van der Waals surface area contributed by atoms with E-state index in [9.17, 15) is 9.59 Å². The smallest absolute Gasteiger partial charge is 0.309 e. The lowest BCUT2D eigenvalue weighted by Gasteiger charge is -2.51. The summed E-state index contributed by atoms with van der Waals surface area (Å²) >= 11 is 10.2. The normalized spacial score (nSPS) is 28.1. The first-order valence-corrected chi connectivity index (χ1v) is 12.3. The van der Waals surface area contributed by atoms with Crippen LogP contribution < -0.4 is 5.32 Å². The fraction of sp³-hybridized carbons (Fsp3) is 0.619. The first kappa shape index (κ1) is 20.4. The van der Waals surface area contributed by atoms with E-state index >= 15 is 0 Å². The number of hydrogen-bond acceptors (Lipinski definition) is 5. The van der Waals surface area contributed by atoms with Crippen molar-refractivity contribution in [1.29, 1.82) is 0 Å². The van der Waals surface area contributed by atoms with Crippen LogP contribution in [0.3, 0.4) is 0 Å². The first-order valence-electron chi connectivity index (χ1n) is 9.98. The molecule has 3 atom stereocenters. The molecule has 1 heterocycles. The van der Waals surface area contributed by atoms with Gasteiger partial charge in [-0.15, -0.1) is 23.5 Å². The van der Waals surface area contributed by atoms with Gasteiger partial charge in [-0.05, 0) is 62.1 Å². The van der Waals surface area contributed by atoms with Crippen LogP contribution in [-0.4, -0.2) is 34.1 Å². The van der Waals surface area contributed by atoms with E-state index in [-0.39, 0.29) is 24.4 Å². The van der Waals surface area contributed by atoms with Gasteiger partial charge in [-0.3, -0.25) is 9.59 Å². The van der Waals surface area contributed by atoms with Crippen LogP contribution in [0.15, 0.2) is 18.2 Å². The van der Waals surface area contributed by atoms with Crippen LogP contribution >= 0.6 is 35.1 Å². The number of carbonyl (C=O) groups is 2. The van der Waals surface area contributed by atoms with Crippen molar-refractivity contribution in [2.24, 2.45) is 17.8 Å². The molecule has 28 heavy (non-hydrogen) atoms. The largest absolute Gasteiger partial charge is 0.455 e. The van der Waals surface area contributed by atoms with E-state index in [1.165, 1.54) is 30.8 Å². The minimum Gasteiger partial charge on any atom is -0.455 e. The van der Waals surface area contributed by atoms with Gasteiger partial charge in [0.2, 0.25) is 0 Å². The lowest BCUT2D eigenvalue weighted by atomic mass is 9.67. The second-order valence-corrected chi connectivity index (χ2v) is 11.5. The molecule has 0 radical (unpaired) electrons. The second kappa shape index (κ2) is 8.49. The Bertz CT molecular complexity index is 750. The number of hydrogen-bond donors (Lipinski definition) is 1. The monoisotopic (exact) mass is 439 g/mol. The number of nitrogens with one attached hydrogen (secondary N) is 1. The highest BCUT2D eigenvalue weighted by atomic mass is 35.5. The molecule has 2 saturated carbocycles. The second-order valence-electron chi connectivity index (χ2n) is 8.03. The van der Waals surface area contributed by atoms with E-state index < -0.39 is 0 Å². The van der Waals surface area contributed by atoms with Crippen LogP contribution in [0.1, 0.15) is 37.7 Å². The minimum absolute atomic E-state index is 0.0663. The molecule has 3 aliphatic rings. The summed E-state index contributed by atoms with van der Waals surface area (Å²) in [4.78, 5) is 24.9. The van der Waals surface area contributed by atoms with Gasteiger partial charge >= 0.3 is 5.97 Å². The van der Waals surface area contributed by atoms with Gasteiger partial charge in [0.25, 0.3) is 5.91 Å². The van der Waals surface area contributed by atoms with Crippen LogP contribution in [0.5, 0.6) is 0 Å². The molecular formula is C21H26ClNO3S2. The molecule has 1 amide bonds. The van der Waals surface area contributed by atoms with E-state index in [4.69, 9.17) is 16.3 Å². The lowest BCUT2D eigenvalue weighted by Crippen LogP contribution is -2.48. The van der Waals surface area contributed by atoms with Crippen molar-refractivity contribution in [3.05, 3.63) is 28.8 Å². The van der Waals surface area contributed by atoms with Crippen molar-refractivity contribution in [2.45, 2.75) is 43.1 Å². The van der Waals surface area contributed by atoms with Crippen molar-refractivity contribution >= 4 is 52.7 Å². The highest BCUT2D eigenvalue weighted by molar-refractivity contribution is 8.21. The Morgan fingerprint density at radius 2 is 1.89 bits per heavy atom. The van der Waals surface area contributed by atoms with Crippen LogP contribution in [-0.2, 0) is 14.3 Å². The third-order valence-corrected chi connectivity index (χ3v) is 10.5. The molecule has 1 aromatic rings. The molecule has 1 saturated heterocycles. The Morgan fingerprint density at radius 3 is 2.57 bits per heavy atom. The molecule has 1 aromatic carbocycles. The third-order valence-electron chi connectivity index (χ3n) is 6.27. The molecule has 2 aliphatic carbocycles. The number of ether oxygens (including phenoxy) is 1. The molecule has 7 heteroatoms. The molecule has 1 unspecified atom stereocenters. The number of anilines is 1. The number of esters is 1. The molecule has 0 aromatic heterocycles. The summed E-state index contributed by atoms with van der Waals surface area (Å²) in [5.74, 6) is 3.05. The van der Waals surface area contributed by atoms with Crippen molar-refractivity contribution in [1.82, 2.24) is 0 Å². The number of thioether (sulfide) groups is 2. The topological polar surface area (TPSA) is 55.4 Å². The highest BCUT2D eigenvalue weighted by Gasteiger charge is 2.55. The Morgan fingerprint density at radius 1 is 1.21 bits per heavy atom. The summed E-state index contributed by atoms with van der Waals surface area (Å²) in [7, 11) is 0. The zero-order chi connectivity index (χ0) is 19.7. The fourth-order valence-electron chi connectivity index (χ4n) is 4.97. The summed E-state index contributed by atoms with van der Waals surface area (Å²) in [6, 6.07) is 5.33. The van der Waals surface area contributed by atoms with Gasteiger partial charge in [0.1, 0.15) is 0 Å². The molecule has 1 N–H and O–H groups in total. The Kier molecular flexibility index (Phi) is 6.19. The van der Waals surface area contributed by atoms with Crippen LogP contribution in [0.2, 0.25) is 5.02 Å². The summed E-state index contributed by atoms with van der Waals surface area (Å²) in [5, 5.41) is 3.34. The van der Waals surface area contributed by atoms with Crippen molar-refractivity contribution in [3.63, 3.8) is 0 Å². The van der Waals surface area contributed by atoms with E-state index in [1.807, 2.05) is 13.0 Å². The summed E-state index contributed by atoms with van der Waals surface area (Å²) in [5.41, 5.74) is 1.57. The molecule has 1 aliphatic heterocycles. The average Bonchev–Trinajstić information content (AvgIpc) is 3.12. The van der Waals surface area contributed by atoms with Gasteiger partial charge in [-0.1, -0.05) is 24.1 Å². The Labute approximate surface area is 179 Å². The molecule has 152 valence electrons. The van der Waals surface area contributed by atoms with Crippen molar-refractivity contribution in [2.75, 3.05) is 23.4 Å². The fourth-order valence-corrected chi connectivity index (χ4v) is 9.08. The predicted octanol–water partition coefficient (Wildman–Crippen LogP) is 5.13. The van der Waals surface area contributed by atoms with E-state index in [2.05, 4.69) is 28.8 Å². The van der Waals surface area contributed by atoms with E-state index in [0.29, 0.717) is 26.6 Å². The molecule has 4 rings (SSSR count). The zero-order valence-corrected chi connectivity index (χ0v) is 18.4. The Balaban J connectivity index is 1.32. The lowest BCUT2D eigenvalue weighted by molar-refractivity contribution is -0.154. The average molecular weight is 440 g/mol. The number of amides is 1. The van der Waals surface area contributed by atoms with Gasteiger partial charge < -0.3 is 10.1 Å². The predicted molar refractivity (Wildman–Crippen MR) is 117 cm³/mol. The molecular weight excluding hydrogens is 414 g/mol. The van der Waals surface area contributed by atoms with Crippen molar-refractivity contribution in [3.8, 4) is 0 Å². The van der Waals surface area contributed by atoms with Crippen LogP contribution in [0.25, 0.3) is 0 Å². The van der Waals surface area contributed by atoms with E-state index in [0.717, 1.165) is 18.4 Å². The molecule has 3 fully saturated rings. The number of rotatable bonds is 4. The Hall–Kier alpha value is -0.850. The SMILES string of the molecule is Cc1ccc(Cl)cc1NC(=O)COC(=O)C1C[C@H]2CCC[C@@H](C1)C21SCCS1. The quantitative estimate of drug-likeness (QED) is 0.659. The number of aryl methyl sites for hydroxylation is 1. The maximum atomic E-state index is 12.7. The maximum Gasteiger partial charge on any atom is 0.309 e.